The van der Waals surface area contributed by atoms with Gasteiger partial charge < -0.3 is 10.6 Å². The summed E-state index contributed by atoms with van der Waals surface area (Å²) in [5, 5.41) is 5.66. The van der Waals surface area contributed by atoms with Gasteiger partial charge in [0.15, 0.2) is 0 Å². The highest BCUT2D eigenvalue weighted by Gasteiger charge is 2.05. The summed E-state index contributed by atoms with van der Waals surface area (Å²) in [6, 6.07) is 19.8. The summed E-state index contributed by atoms with van der Waals surface area (Å²) in [6.45, 7) is 1.03. The second-order valence-electron chi connectivity index (χ2n) is 5.70. The van der Waals surface area contributed by atoms with E-state index in [4.69, 9.17) is 0 Å². The van der Waals surface area contributed by atoms with Gasteiger partial charge in [0.25, 0.3) is 0 Å². The molecule has 0 aliphatic heterocycles. The van der Waals surface area contributed by atoms with Crippen LogP contribution in [0.25, 0.3) is 0 Å². The molecular weight excluding hydrogens is 300 g/mol. The van der Waals surface area contributed by atoms with Crippen molar-refractivity contribution in [2.24, 2.45) is 0 Å². The minimum atomic E-state index is -0.0573. The maximum atomic E-state index is 11.8. The summed E-state index contributed by atoms with van der Waals surface area (Å²) >= 11 is 0. The molecule has 0 bridgehead atoms. The van der Waals surface area contributed by atoms with Gasteiger partial charge in [-0.05, 0) is 24.0 Å². The van der Waals surface area contributed by atoms with E-state index in [2.05, 4.69) is 22.8 Å². The van der Waals surface area contributed by atoms with Crippen molar-refractivity contribution in [1.29, 1.82) is 0 Å². The van der Waals surface area contributed by atoms with Crippen molar-refractivity contribution in [2.75, 3.05) is 13.1 Å². The fourth-order valence-corrected chi connectivity index (χ4v) is 2.41. The first-order valence-electron chi connectivity index (χ1n) is 8.35. The zero-order valence-electron chi connectivity index (χ0n) is 13.8. The molecule has 2 amide bonds. The van der Waals surface area contributed by atoms with Crippen LogP contribution in [0, 0.1) is 0 Å². The average molecular weight is 324 g/mol. The molecule has 0 atom stereocenters. The van der Waals surface area contributed by atoms with Gasteiger partial charge in [0.05, 0.1) is 6.42 Å². The number of aryl methyl sites for hydroxylation is 1. The Morgan fingerprint density at radius 1 is 0.708 bits per heavy atom. The lowest BCUT2D eigenvalue weighted by molar-refractivity contribution is -0.122. The Balaban J connectivity index is 1.52. The fourth-order valence-electron chi connectivity index (χ4n) is 2.41. The number of hydrogen-bond acceptors (Lipinski definition) is 2. The van der Waals surface area contributed by atoms with Crippen LogP contribution in [0.3, 0.4) is 0 Å². The van der Waals surface area contributed by atoms with Gasteiger partial charge in [0, 0.05) is 19.5 Å². The Bertz CT molecular complexity index is 627. The van der Waals surface area contributed by atoms with Crippen LogP contribution in [-0.2, 0) is 22.4 Å². The molecular formula is C20H24N2O2. The molecule has 126 valence electrons. The van der Waals surface area contributed by atoms with Crippen LogP contribution in [0.1, 0.15) is 24.0 Å². The molecule has 2 aromatic rings. The van der Waals surface area contributed by atoms with E-state index >= 15 is 0 Å². The van der Waals surface area contributed by atoms with Crippen LogP contribution in [0.15, 0.2) is 60.7 Å². The monoisotopic (exact) mass is 324 g/mol. The summed E-state index contributed by atoms with van der Waals surface area (Å²) in [7, 11) is 0. The van der Waals surface area contributed by atoms with Gasteiger partial charge in [-0.15, -0.1) is 0 Å². The standard InChI is InChI=1S/C20H24N2O2/c23-19(21-14-7-12-17-8-3-1-4-9-17)13-15-22-20(24)16-18-10-5-2-6-11-18/h1-6,8-11H,7,12-16H2,(H,21,23)(H,22,24). The van der Waals surface area contributed by atoms with Gasteiger partial charge in [-0.2, -0.15) is 0 Å². The molecule has 0 aliphatic carbocycles. The Kier molecular flexibility index (Phi) is 7.54. The number of benzene rings is 2. The lowest BCUT2D eigenvalue weighted by Crippen LogP contribution is -2.32. The first-order chi connectivity index (χ1) is 11.7. The molecule has 0 heterocycles. The van der Waals surface area contributed by atoms with E-state index in [0.29, 0.717) is 25.9 Å². The van der Waals surface area contributed by atoms with Crippen molar-refractivity contribution in [3.8, 4) is 0 Å². The Morgan fingerprint density at radius 2 is 1.29 bits per heavy atom. The van der Waals surface area contributed by atoms with E-state index in [1.807, 2.05) is 48.5 Å². The van der Waals surface area contributed by atoms with Crippen molar-refractivity contribution >= 4 is 11.8 Å². The Morgan fingerprint density at radius 3 is 1.96 bits per heavy atom. The number of hydrogen-bond donors (Lipinski definition) is 2. The average Bonchev–Trinajstić information content (AvgIpc) is 2.60. The SMILES string of the molecule is O=C(CCNC(=O)Cc1ccccc1)NCCCc1ccccc1. The molecule has 0 saturated carbocycles. The van der Waals surface area contributed by atoms with E-state index < -0.39 is 0 Å². The number of rotatable bonds is 9. The van der Waals surface area contributed by atoms with Crippen LogP contribution in [0.4, 0.5) is 0 Å². The molecule has 0 unspecified atom stereocenters. The molecule has 0 aliphatic rings. The summed E-state index contributed by atoms with van der Waals surface area (Å²) in [5.41, 5.74) is 2.25. The maximum Gasteiger partial charge on any atom is 0.224 e. The maximum absolute atomic E-state index is 11.8. The molecule has 4 heteroatoms. The molecule has 2 N–H and O–H groups in total. The van der Waals surface area contributed by atoms with Gasteiger partial charge in [-0.25, -0.2) is 0 Å². The van der Waals surface area contributed by atoms with Crippen molar-refractivity contribution < 1.29 is 9.59 Å². The van der Waals surface area contributed by atoms with Crippen LogP contribution < -0.4 is 10.6 Å². The van der Waals surface area contributed by atoms with Crippen LogP contribution >= 0.6 is 0 Å². The van der Waals surface area contributed by atoms with Crippen molar-refractivity contribution in [3.05, 3.63) is 71.8 Å². The molecule has 4 nitrogen and oxygen atoms in total. The molecule has 24 heavy (non-hydrogen) atoms. The van der Waals surface area contributed by atoms with Crippen LogP contribution in [0.5, 0.6) is 0 Å². The minimum absolute atomic E-state index is 0.0249. The largest absolute Gasteiger partial charge is 0.356 e. The van der Waals surface area contributed by atoms with Crippen molar-refractivity contribution in [1.82, 2.24) is 10.6 Å². The van der Waals surface area contributed by atoms with Gasteiger partial charge in [-0.3, -0.25) is 9.59 Å². The van der Waals surface area contributed by atoms with E-state index in [9.17, 15) is 9.59 Å². The Hall–Kier alpha value is -2.62. The van der Waals surface area contributed by atoms with Gasteiger partial charge >= 0.3 is 0 Å². The van der Waals surface area contributed by atoms with Crippen LogP contribution in [-0.4, -0.2) is 24.9 Å². The fraction of sp³-hybridized carbons (Fsp3) is 0.300. The van der Waals surface area contributed by atoms with Gasteiger partial charge in [0.1, 0.15) is 0 Å². The highest BCUT2D eigenvalue weighted by Crippen LogP contribution is 2.01. The van der Waals surface area contributed by atoms with E-state index in [1.54, 1.807) is 0 Å². The summed E-state index contributed by atoms with van der Waals surface area (Å²) in [6.07, 6.45) is 2.52. The smallest absolute Gasteiger partial charge is 0.224 e. The third kappa shape index (κ3) is 7.09. The third-order valence-electron chi connectivity index (χ3n) is 3.69. The number of nitrogens with one attached hydrogen (secondary N) is 2. The van der Waals surface area contributed by atoms with Crippen molar-refractivity contribution in [3.63, 3.8) is 0 Å². The molecule has 0 fully saturated rings. The van der Waals surface area contributed by atoms with Gasteiger partial charge in [0.2, 0.25) is 11.8 Å². The predicted molar refractivity (Wildman–Crippen MR) is 95.5 cm³/mol. The van der Waals surface area contributed by atoms with E-state index in [0.717, 1.165) is 18.4 Å². The summed E-state index contributed by atoms with van der Waals surface area (Å²) < 4.78 is 0. The molecule has 0 saturated heterocycles. The first-order valence-corrected chi connectivity index (χ1v) is 8.35. The van der Waals surface area contributed by atoms with E-state index in [1.165, 1.54) is 5.56 Å². The molecule has 2 aromatic carbocycles. The number of carbonyl (C=O) groups is 2. The second kappa shape index (κ2) is 10.2. The Labute approximate surface area is 143 Å². The molecule has 0 aromatic heterocycles. The van der Waals surface area contributed by atoms with Gasteiger partial charge in [-0.1, -0.05) is 60.7 Å². The predicted octanol–water partition coefficient (Wildman–Crippen LogP) is 2.48. The lowest BCUT2D eigenvalue weighted by Gasteiger charge is -2.07. The number of carbonyl (C=O) groups excluding carboxylic acids is 2. The minimum Gasteiger partial charge on any atom is -0.356 e. The van der Waals surface area contributed by atoms with Crippen molar-refractivity contribution in [2.45, 2.75) is 25.7 Å². The highest BCUT2D eigenvalue weighted by atomic mass is 16.2. The molecule has 0 radical (unpaired) electrons. The van der Waals surface area contributed by atoms with E-state index in [-0.39, 0.29) is 11.8 Å². The normalized spacial score (nSPS) is 10.2. The molecule has 2 rings (SSSR count). The zero-order valence-corrected chi connectivity index (χ0v) is 13.8. The topological polar surface area (TPSA) is 58.2 Å². The second-order valence-corrected chi connectivity index (χ2v) is 5.70. The number of amides is 2. The third-order valence-corrected chi connectivity index (χ3v) is 3.69. The van der Waals surface area contributed by atoms with Crippen LogP contribution in [0.2, 0.25) is 0 Å². The quantitative estimate of drug-likeness (QED) is 0.696. The molecule has 0 spiro atoms. The summed E-state index contributed by atoms with van der Waals surface area (Å²) in [4.78, 5) is 23.5. The highest BCUT2D eigenvalue weighted by molar-refractivity contribution is 5.80. The lowest BCUT2D eigenvalue weighted by atomic mass is 10.1. The summed E-state index contributed by atoms with van der Waals surface area (Å²) in [5.74, 6) is -0.0823. The zero-order chi connectivity index (χ0) is 17.0. The first kappa shape index (κ1) is 17.7.